The molecule has 22 heavy (non-hydrogen) atoms. The van der Waals surface area contributed by atoms with Crippen LogP contribution in [0.3, 0.4) is 0 Å². The lowest BCUT2D eigenvalue weighted by Gasteiger charge is -2.24. The standard InChI is InChI=1S/C16H25NO4S/c1-5-6-11-22(20,21)17(12-15(18)19)14-9-7-13(8-10-14)16(2,3)4/h7-10H,5-6,11-12H2,1-4H3,(H,18,19). The highest BCUT2D eigenvalue weighted by Gasteiger charge is 2.25. The molecule has 0 aliphatic heterocycles. The molecule has 0 saturated heterocycles. The van der Waals surface area contributed by atoms with Crippen LogP contribution in [-0.4, -0.2) is 31.8 Å². The molecule has 5 nitrogen and oxygen atoms in total. The fourth-order valence-corrected chi connectivity index (χ4v) is 3.66. The molecule has 124 valence electrons. The Labute approximate surface area is 133 Å². The van der Waals surface area contributed by atoms with Crippen LogP contribution in [0.25, 0.3) is 0 Å². The molecule has 0 saturated carbocycles. The van der Waals surface area contributed by atoms with Crippen LogP contribution in [0.4, 0.5) is 5.69 Å². The van der Waals surface area contributed by atoms with Gasteiger partial charge in [-0.2, -0.15) is 0 Å². The highest BCUT2D eigenvalue weighted by molar-refractivity contribution is 7.92. The Kier molecular flexibility index (Phi) is 6.00. The first kappa shape index (κ1) is 18.5. The Balaban J connectivity index is 3.15. The Morgan fingerprint density at radius 1 is 1.18 bits per heavy atom. The summed E-state index contributed by atoms with van der Waals surface area (Å²) < 4.78 is 25.7. The summed E-state index contributed by atoms with van der Waals surface area (Å²) in [6.07, 6.45) is 1.25. The lowest BCUT2D eigenvalue weighted by molar-refractivity contribution is -0.135. The number of rotatable bonds is 7. The molecule has 0 radical (unpaired) electrons. The molecular formula is C16H25NO4S. The van der Waals surface area contributed by atoms with E-state index in [9.17, 15) is 13.2 Å². The monoisotopic (exact) mass is 327 g/mol. The zero-order valence-electron chi connectivity index (χ0n) is 13.7. The van der Waals surface area contributed by atoms with Gasteiger partial charge in [-0.15, -0.1) is 0 Å². The Bertz CT molecular complexity index is 600. The molecule has 0 aliphatic carbocycles. The van der Waals surface area contributed by atoms with E-state index in [1.807, 2.05) is 19.1 Å². The first-order valence-electron chi connectivity index (χ1n) is 7.40. The number of nitrogens with zero attached hydrogens (tertiary/aromatic N) is 1. The molecule has 0 amide bonds. The quantitative estimate of drug-likeness (QED) is 0.835. The number of carboxylic acid groups (broad SMARTS) is 1. The van der Waals surface area contributed by atoms with Gasteiger partial charge in [0.2, 0.25) is 10.0 Å². The van der Waals surface area contributed by atoms with Gasteiger partial charge in [0, 0.05) is 0 Å². The van der Waals surface area contributed by atoms with Gasteiger partial charge in [0.15, 0.2) is 0 Å². The Hall–Kier alpha value is -1.56. The van der Waals surface area contributed by atoms with E-state index in [1.165, 1.54) is 0 Å². The van der Waals surface area contributed by atoms with Gasteiger partial charge in [0.1, 0.15) is 6.54 Å². The zero-order valence-corrected chi connectivity index (χ0v) is 14.5. The van der Waals surface area contributed by atoms with Gasteiger partial charge in [-0.1, -0.05) is 46.2 Å². The molecular weight excluding hydrogens is 302 g/mol. The normalized spacial score (nSPS) is 12.2. The number of unbranched alkanes of at least 4 members (excludes halogenated alkanes) is 1. The van der Waals surface area contributed by atoms with Crippen molar-refractivity contribution in [2.75, 3.05) is 16.6 Å². The molecule has 0 bridgehead atoms. The molecule has 1 N–H and O–H groups in total. The number of aliphatic carboxylic acids is 1. The second-order valence-electron chi connectivity index (χ2n) is 6.37. The summed E-state index contributed by atoms with van der Waals surface area (Å²) in [4.78, 5) is 11.0. The Morgan fingerprint density at radius 2 is 1.73 bits per heavy atom. The molecule has 1 aromatic rings. The maximum absolute atomic E-state index is 12.4. The minimum Gasteiger partial charge on any atom is -0.480 e. The summed E-state index contributed by atoms with van der Waals surface area (Å²) in [5.74, 6) is -1.21. The number of benzene rings is 1. The first-order chi connectivity index (χ1) is 10.1. The topological polar surface area (TPSA) is 74.7 Å². The van der Waals surface area contributed by atoms with E-state index in [4.69, 9.17) is 5.11 Å². The van der Waals surface area contributed by atoms with Crippen molar-refractivity contribution in [2.24, 2.45) is 0 Å². The van der Waals surface area contributed by atoms with E-state index in [0.29, 0.717) is 12.1 Å². The highest BCUT2D eigenvalue weighted by atomic mass is 32.2. The van der Waals surface area contributed by atoms with Crippen molar-refractivity contribution in [3.8, 4) is 0 Å². The van der Waals surface area contributed by atoms with Crippen molar-refractivity contribution in [1.82, 2.24) is 0 Å². The van der Waals surface area contributed by atoms with Crippen LogP contribution >= 0.6 is 0 Å². The second kappa shape index (κ2) is 7.13. The number of anilines is 1. The number of hydrogen-bond donors (Lipinski definition) is 1. The fraction of sp³-hybridized carbons (Fsp3) is 0.562. The minimum absolute atomic E-state index is 0.0438. The van der Waals surface area contributed by atoms with Crippen molar-refractivity contribution in [2.45, 2.75) is 46.0 Å². The van der Waals surface area contributed by atoms with E-state index in [-0.39, 0.29) is 11.2 Å². The average molecular weight is 327 g/mol. The van der Waals surface area contributed by atoms with Crippen molar-refractivity contribution in [3.05, 3.63) is 29.8 Å². The molecule has 0 unspecified atom stereocenters. The van der Waals surface area contributed by atoms with Gasteiger partial charge >= 0.3 is 5.97 Å². The molecule has 0 spiro atoms. The van der Waals surface area contributed by atoms with Gasteiger partial charge in [-0.3, -0.25) is 9.10 Å². The largest absolute Gasteiger partial charge is 0.480 e. The summed E-state index contributed by atoms with van der Waals surface area (Å²) >= 11 is 0. The number of carboxylic acids is 1. The summed E-state index contributed by atoms with van der Waals surface area (Å²) in [6.45, 7) is 7.54. The van der Waals surface area contributed by atoms with Gasteiger partial charge in [-0.25, -0.2) is 8.42 Å². The summed E-state index contributed by atoms with van der Waals surface area (Å²) in [5, 5.41) is 9.01. The van der Waals surface area contributed by atoms with Crippen molar-refractivity contribution >= 4 is 21.7 Å². The van der Waals surface area contributed by atoms with E-state index in [0.717, 1.165) is 16.3 Å². The predicted octanol–water partition coefficient (Wildman–Crippen LogP) is 3.01. The van der Waals surface area contributed by atoms with Crippen LogP contribution in [0.2, 0.25) is 0 Å². The smallest absolute Gasteiger partial charge is 0.324 e. The summed E-state index contributed by atoms with van der Waals surface area (Å²) in [7, 11) is -3.63. The third kappa shape index (κ3) is 5.02. The van der Waals surface area contributed by atoms with Gasteiger partial charge in [0.05, 0.1) is 11.4 Å². The van der Waals surface area contributed by atoms with Crippen molar-refractivity contribution < 1.29 is 18.3 Å². The molecule has 1 aromatic carbocycles. The van der Waals surface area contributed by atoms with Gasteiger partial charge in [0.25, 0.3) is 0 Å². The molecule has 6 heteroatoms. The maximum Gasteiger partial charge on any atom is 0.324 e. The van der Waals surface area contributed by atoms with Crippen LogP contribution in [-0.2, 0) is 20.2 Å². The maximum atomic E-state index is 12.4. The zero-order chi connectivity index (χ0) is 17.0. The molecule has 0 aliphatic rings. The molecule has 0 heterocycles. The van der Waals surface area contributed by atoms with E-state index < -0.39 is 22.5 Å². The van der Waals surface area contributed by atoms with Gasteiger partial charge in [-0.05, 0) is 29.5 Å². The predicted molar refractivity (Wildman–Crippen MR) is 88.8 cm³/mol. The van der Waals surface area contributed by atoms with E-state index in [1.54, 1.807) is 12.1 Å². The highest BCUT2D eigenvalue weighted by Crippen LogP contribution is 2.26. The number of carbonyl (C=O) groups is 1. The average Bonchev–Trinajstić information content (AvgIpc) is 2.41. The first-order valence-corrected chi connectivity index (χ1v) is 9.01. The van der Waals surface area contributed by atoms with Crippen molar-refractivity contribution in [3.63, 3.8) is 0 Å². The Morgan fingerprint density at radius 3 is 2.14 bits per heavy atom. The second-order valence-corrected chi connectivity index (χ2v) is 8.38. The molecule has 0 aromatic heterocycles. The van der Waals surface area contributed by atoms with Crippen LogP contribution in [0.15, 0.2) is 24.3 Å². The third-order valence-corrected chi connectivity index (χ3v) is 5.21. The molecule has 0 atom stereocenters. The van der Waals surface area contributed by atoms with Gasteiger partial charge < -0.3 is 5.11 Å². The van der Waals surface area contributed by atoms with E-state index >= 15 is 0 Å². The number of hydrogen-bond acceptors (Lipinski definition) is 3. The third-order valence-electron chi connectivity index (χ3n) is 3.39. The van der Waals surface area contributed by atoms with Crippen LogP contribution in [0.1, 0.15) is 46.1 Å². The SMILES string of the molecule is CCCCS(=O)(=O)N(CC(=O)O)c1ccc(C(C)(C)C)cc1. The van der Waals surface area contributed by atoms with Crippen LogP contribution in [0.5, 0.6) is 0 Å². The lowest BCUT2D eigenvalue weighted by atomic mass is 9.87. The molecule has 1 rings (SSSR count). The summed E-state index contributed by atoms with van der Waals surface area (Å²) in [5.41, 5.74) is 1.42. The van der Waals surface area contributed by atoms with E-state index in [2.05, 4.69) is 20.8 Å². The fourth-order valence-electron chi connectivity index (χ4n) is 2.04. The van der Waals surface area contributed by atoms with Crippen LogP contribution < -0.4 is 4.31 Å². The van der Waals surface area contributed by atoms with Crippen LogP contribution in [0, 0.1) is 0 Å². The lowest BCUT2D eigenvalue weighted by Crippen LogP contribution is -2.37. The molecule has 0 fully saturated rings. The summed E-state index contributed by atoms with van der Waals surface area (Å²) in [6, 6.07) is 7.04. The minimum atomic E-state index is -3.63. The number of sulfonamides is 1. The van der Waals surface area contributed by atoms with Crippen molar-refractivity contribution in [1.29, 1.82) is 0 Å².